The Bertz CT molecular complexity index is 672. The van der Waals surface area contributed by atoms with Crippen molar-refractivity contribution in [3.8, 4) is 5.75 Å². The van der Waals surface area contributed by atoms with Crippen LogP contribution in [0.15, 0.2) is 36.4 Å². The molecular weight excluding hydrogens is 272 g/mol. The molecule has 110 valence electrons. The second kappa shape index (κ2) is 6.69. The van der Waals surface area contributed by atoms with Crippen LogP contribution in [-0.4, -0.2) is 18.4 Å². The molecule has 0 aromatic heterocycles. The largest absolute Gasteiger partial charge is 0.493 e. The first-order valence-corrected chi connectivity index (χ1v) is 6.31. The van der Waals surface area contributed by atoms with E-state index in [9.17, 15) is 9.59 Å². The van der Waals surface area contributed by atoms with Crippen molar-refractivity contribution in [3.63, 3.8) is 0 Å². The first-order valence-electron chi connectivity index (χ1n) is 6.31. The SMILES string of the molecule is NNC(=O)CCOc1ccc2cc(C(=O)NN)ccc2c1. The first kappa shape index (κ1) is 14.8. The number of benzene rings is 2. The van der Waals surface area contributed by atoms with Crippen LogP contribution in [0.25, 0.3) is 10.8 Å². The molecule has 2 rings (SSSR count). The monoisotopic (exact) mass is 288 g/mol. The zero-order valence-electron chi connectivity index (χ0n) is 11.3. The molecule has 0 bridgehead atoms. The average Bonchev–Trinajstić information content (AvgIpc) is 2.53. The lowest BCUT2D eigenvalue weighted by atomic mass is 10.1. The highest BCUT2D eigenvalue weighted by Crippen LogP contribution is 2.22. The number of hydrogen-bond donors (Lipinski definition) is 4. The minimum Gasteiger partial charge on any atom is -0.493 e. The van der Waals surface area contributed by atoms with Crippen molar-refractivity contribution in [3.05, 3.63) is 42.0 Å². The molecule has 0 aliphatic carbocycles. The van der Waals surface area contributed by atoms with Gasteiger partial charge in [-0.3, -0.25) is 20.4 Å². The van der Waals surface area contributed by atoms with Crippen LogP contribution in [-0.2, 0) is 4.79 Å². The highest BCUT2D eigenvalue weighted by atomic mass is 16.5. The summed E-state index contributed by atoms with van der Waals surface area (Å²) in [4.78, 5) is 22.4. The summed E-state index contributed by atoms with van der Waals surface area (Å²) >= 11 is 0. The molecule has 0 fully saturated rings. The normalized spacial score (nSPS) is 10.2. The number of carbonyl (C=O) groups excluding carboxylic acids is 2. The van der Waals surface area contributed by atoms with Gasteiger partial charge in [0, 0.05) is 5.56 Å². The van der Waals surface area contributed by atoms with Crippen molar-refractivity contribution in [2.45, 2.75) is 6.42 Å². The maximum atomic E-state index is 11.4. The highest BCUT2D eigenvalue weighted by Gasteiger charge is 2.05. The second-order valence-corrected chi connectivity index (χ2v) is 4.36. The molecule has 7 heteroatoms. The minimum atomic E-state index is -0.343. The van der Waals surface area contributed by atoms with E-state index >= 15 is 0 Å². The van der Waals surface area contributed by atoms with Gasteiger partial charge < -0.3 is 4.74 Å². The molecule has 0 aliphatic heterocycles. The lowest BCUT2D eigenvalue weighted by molar-refractivity contribution is -0.121. The van der Waals surface area contributed by atoms with Crippen molar-refractivity contribution in [1.82, 2.24) is 10.9 Å². The maximum Gasteiger partial charge on any atom is 0.265 e. The molecule has 0 heterocycles. The molecule has 2 amide bonds. The van der Waals surface area contributed by atoms with Gasteiger partial charge in [0.05, 0.1) is 13.0 Å². The molecule has 2 aromatic carbocycles. The Morgan fingerprint density at radius 3 is 2.43 bits per heavy atom. The van der Waals surface area contributed by atoms with Gasteiger partial charge in [-0.2, -0.15) is 0 Å². The van der Waals surface area contributed by atoms with Crippen molar-refractivity contribution in [2.24, 2.45) is 11.7 Å². The van der Waals surface area contributed by atoms with Crippen molar-refractivity contribution in [1.29, 1.82) is 0 Å². The summed E-state index contributed by atoms with van der Waals surface area (Å²) < 4.78 is 5.47. The van der Waals surface area contributed by atoms with Gasteiger partial charge in [0.1, 0.15) is 5.75 Å². The molecule has 0 saturated carbocycles. The van der Waals surface area contributed by atoms with Gasteiger partial charge in [-0.25, -0.2) is 11.7 Å². The fraction of sp³-hybridized carbons (Fsp3) is 0.143. The van der Waals surface area contributed by atoms with Crippen LogP contribution < -0.4 is 27.3 Å². The Morgan fingerprint density at radius 1 is 1.00 bits per heavy atom. The van der Waals surface area contributed by atoms with Crippen molar-refractivity contribution < 1.29 is 14.3 Å². The van der Waals surface area contributed by atoms with E-state index in [2.05, 4.69) is 5.43 Å². The fourth-order valence-electron chi connectivity index (χ4n) is 1.87. The minimum absolute atomic E-state index is 0.185. The number of rotatable bonds is 5. The zero-order valence-corrected chi connectivity index (χ0v) is 11.3. The van der Waals surface area contributed by atoms with E-state index in [0.29, 0.717) is 11.3 Å². The van der Waals surface area contributed by atoms with Gasteiger partial charge in [0.2, 0.25) is 5.91 Å². The Morgan fingerprint density at radius 2 is 1.71 bits per heavy atom. The molecule has 7 nitrogen and oxygen atoms in total. The van der Waals surface area contributed by atoms with Gasteiger partial charge in [-0.15, -0.1) is 0 Å². The molecule has 0 radical (unpaired) electrons. The summed E-state index contributed by atoms with van der Waals surface area (Å²) in [5.74, 6) is 10.1. The lowest BCUT2D eigenvalue weighted by Gasteiger charge is -2.08. The molecule has 0 spiro atoms. The van der Waals surface area contributed by atoms with E-state index in [4.69, 9.17) is 16.4 Å². The summed E-state index contributed by atoms with van der Waals surface area (Å²) in [6, 6.07) is 10.7. The van der Waals surface area contributed by atoms with Crippen LogP contribution in [0, 0.1) is 0 Å². The molecule has 21 heavy (non-hydrogen) atoms. The van der Waals surface area contributed by atoms with Crippen LogP contribution in [0.1, 0.15) is 16.8 Å². The average molecular weight is 288 g/mol. The number of ether oxygens (including phenoxy) is 1. The standard InChI is InChI=1S/C14H16N4O3/c15-17-13(19)5-6-21-12-4-3-9-7-11(14(20)18-16)2-1-10(9)8-12/h1-4,7-8H,5-6,15-16H2,(H,17,19)(H,18,20). The number of amides is 2. The van der Waals surface area contributed by atoms with Crippen molar-refractivity contribution >= 4 is 22.6 Å². The van der Waals surface area contributed by atoms with E-state index < -0.39 is 0 Å². The van der Waals surface area contributed by atoms with E-state index in [1.807, 2.05) is 17.6 Å². The van der Waals surface area contributed by atoms with Crippen LogP contribution in [0.2, 0.25) is 0 Å². The van der Waals surface area contributed by atoms with E-state index in [-0.39, 0.29) is 24.8 Å². The molecule has 0 atom stereocenters. The Kier molecular flexibility index (Phi) is 4.70. The summed E-state index contributed by atoms with van der Waals surface area (Å²) in [7, 11) is 0. The third kappa shape index (κ3) is 3.68. The number of nitrogen functional groups attached to an aromatic ring is 1. The van der Waals surface area contributed by atoms with Gasteiger partial charge >= 0.3 is 0 Å². The van der Waals surface area contributed by atoms with E-state index in [1.54, 1.807) is 24.3 Å². The molecule has 0 saturated heterocycles. The van der Waals surface area contributed by atoms with Gasteiger partial charge in [0.25, 0.3) is 5.91 Å². The van der Waals surface area contributed by atoms with Crippen LogP contribution in [0.3, 0.4) is 0 Å². The number of nitrogens with one attached hydrogen (secondary N) is 2. The van der Waals surface area contributed by atoms with Crippen molar-refractivity contribution in [2.75, 3.05) is 6.61 Å². The second-order valence-electron chi connectivity index (χ2n) is 4.36. The molecule has 0 aliphatic rings. The van der Waals surface area contributed by atoms with Crippen LogP contribution >= 0.6 is 0 Å². The van der Waals surface area contributed by atoms with Crippen LogP contribution in [0.4, 0.5) is 0 Å². The number of fused-ring (bicyclic) bond motifs is 1. The lowest BCUT2D eigenvalue weighted by Crippen LogP contribution is -2.31. The number of nitrogens with two attached hydrogens (primary N) is 2. The quantitative estimate of drug-likeness (QED) is 0.356. The smallest absolute Gasteiger partial charge is 0.265 e. The number of hydrogen-bond acceptors (Lipinski definition) is 5. The molecule has 6 N–H and O–H groups in total. The van der Waals surface area contributed by atoms with Gasteiger partial charge in [0.15, 0.2) is 0 Å². The van der Waals surface area contributed by atoms with Gasteiger partial charge in [-0.05, 0) is 35.0 Å². The topological polar surface area (TPSA) is 119 Å². The summed E-state index contributed by atoms with van der Waals surface area (Å²) in [6.45, 7) is 0.238. The third-order valence-electron chi connectivity index (χ3n) is 2.96. The Labute approximate surface area is 121 Å². The maximum absolute atomic E-state index is 11.4. The van der Waals surface area contributed by atoms with Crippen LogP contribution in [0.5, 0.6) is 5.75 Å². The summed E-state index contributed by atoms with van der Waals surface area (Å²) in [6.07, 6.45) is 0.185. The summed E-state index contributed by atoms with van der Waals surface area (Å²) in [5, 5.41) is 1.81. The predicted octanol–water partition coefficient (Wildman–Crippen LogP) is 0.202. The zero-order chi connectivity index (χ0) is 15.2. The highest BCUT2D eigenvalue weighted by molar-refractivity contribution is 5.98. The first-order chi connectivity index (χ1) is 10.1. The number of hydrazine groups is 2. The fourth-order valence-corrected chi connectivity index (χ4v) is 1.87. The summed E-state index contributed by atoms with van der Waals surface area (Å²) in [5.41, 5.74) is 4.61. The Balaban J connectivity index is 2.11. The third-order valence-corrected chi connectivity index (χ3v) is 2.96. The predicted molar refractivity (Wildman–Crippen MR) is 78.0 cm³/mol. The Hall–Kier alpha value is -2.64. The van der Waals surface area contributed by atoms with Gasteiger partial charge in [-0.1, -0.05) is 12.1 Å². The number of carbonyl (C=O) groups is 2. The van der Waals surface area contributed by atoms with E-state index in [1.165, 1.54) is 0 Å². The molecule has 0 unspecified atom stereocenters. The molecular formula is C14H16N4O3. The molecule has 2 aromatic rings. The van der Waals surface area contributed by atoms with E-state index in [0.717, 1.165) is 10.8 Å².